The van der Waals surface area contributed by atoms with E-state index in [2.05, 4.69) is 149 Å². The van der Waals surface area contributed by atoms with Crippen LogP contribution in [0.4, 0.5) is 0 Å². The van der Waals surface area contributed by atoms with Crippen LogP contribution in [0.15, 0.2) is 178 Å². The maximum atomic E-state index is 6.78. The molecule has 5 nitrogen and oxygen atoms in total. The van der Waals surface area contributed by atoms with Gasteiger partial charge in [0.2, 0.25) is 0 Å². The number of para-hydroxylation sites is 3. The zero-order chi connectivity index (χ0) is 37.5. The first-order valence-corrected chi connectivity index (χ1v) is 20.3. The standard InChI is InChI=1S/C51H34N4OS/c1-3-13-31(14-4-1)49-52-50(32-15-5-2-6-16-32)54-51(53-49)34-25-27-44-39(30-34)38-20-11-19-35(48(38)56-44)33-26-28-45-40(29-33)47-43(23-12-24-46(47)57-45)55-41-21-9-7-17-36(41)37-18-8-10-22-42(37)55/h1-24,26-30,34,51H,25H2,(H,52,53,54). The van der Waals surface area contributed by atoms with E-state index in [0.717, 1.165) is 61.9 Å². The summed E-state index contributed by atoms with van der Waals surface area (Å²) in [6.07, 6.45) is 5.20. The molecule has 0 radical (unpaired) electrons. The molecule has 10 aromatic rings. The van der Waals surface area contributed by atoms with Crippen molar-refractivity contribution in [1.82, 2.24) is 9.88 Å². The summed E-state index contributed by atoms with van der Waals surface area (Å²) in [7, 11) is 0. The van der Waals surface area contributed by atoms with E-state index >= 15 is 0 Å². The maximum absolute atomic E-state index is 6.78. The number of amidine groups is 2. The molecular weight excluding hydrogens is 717 g/mol. The lowest BCUT2D eigenvalue weighted by Crippen LogP contribution is -2.44. The quantitative estimate of drug-likeness (QED) is 0.190. The minimum absolute atomic E-state index is 0.0997. The first-order chi connectivity index (χ1) is 28.2. The highest BCUT2D eigenvalue weighted by Crippen LogP contribution is 2.42. The molecule has 7 aromatic carbocycles. The number of aromatic nitrogens is 1. The molecule has 2 unspecified atom stereocenters. The second-order valence-electron chi connectivity index (χ2n) is 14.9. The van der Waals surface area contributed by atoms with Crippen LogP contribution in [0.2, 0.25) is 0 Å². The van der Waals surface area contributed by atoms with Crippen molar-refractivity contribution in [1.29, 1.82) is 0 Å². The van der Waals surface area contributed by atoms with Gasteiger partial charge < -0.3 is 14.3 Å². The zero-order valence-corrected chi connectivity index (χ0v) is 31.6. The van der Waals surface area contributed by atoms with E-state index in [4.69, 9.17) is 14.4 Å². The van der Waals surface area contributed by atoms with E-state index in [1.54, 1.807) is 0 Å². The van der Waals surface area contributed by atoms with Crippen molar-refractivity contribution in [3.8, 4) is 16.8 Å². The maximum Gasteiger partial charge on any atom is 0.159 e. The summed E-state index contributed by atoms with van der Waals surface area (Å²) < 4.78 is 11.8. The summed E-state index contributed by atoms with van der Waals surface area (Å²) in [5.74, 6) is 1.68. The molecule has 1 aliphatic carbocycles. The van der Waals surface area contributed by atoms with Crippen LogP contribution in [0, 0.1) is 5.92 Å². The second-order valence-corrected chi connectivity index (χ2v) is 16.0. The Morgan fingerprint density at radius 1 is 0.614 bits per heavy atom. The Bertz CT molecular complexity index is 3370. The number of thiophene rings is 1. The smallest absolute Gasteiger partial charge is 0.159 e. The Kier molecular flexibility index (Phi) is 7.22. The first-order valence-electron chi connectivity index (χ1n) is 19.5. The summed E-state index contributed by atoms with van der Waals surface area (Å²) in [6, 6.07) is 58.2. The monoisotopic (exact) mass is 750 g/mol. The van der Waals surface area contributed by atoms with Crippen molar-refractivity contribution in [2.75, 3.05) is 0 Å². The SMILES string of the molecule is C1=c2oc3c(-c4ccc5sc6cccc(-n7c8ccccc8c8ccccc87)c6c5c4)cccc3c2=CC(C2N=C(c3ccccc3)N=C(c3ccccc3)N2)C1. The fraction of sp³-hybridized carbons (Fsp3) is 0.0588. The van der Waals surface area contributed by atoms with Crippen molar-refractivity contribution in [2.45, 2.75) is 12.6 Å². The normalized spacial score (nSPS) is 16.6. The van der Waals surface area contributed by atoms with Gasteiger partial charge in [-0.25, -0.2) is 9.98 Å². The Morgan fingerprint density at radius 2 is 1.32 bits per heavy atom. The van der Waals surface area contributed by atoms with E-state index in [9.17, 15) is 0 Å². The third-order valence-corrected chi connectivity index (χ3v) is 12.7. The topological polar surface area (TPSA) is 54.8 Å². The van der Waals surface area contributed by atoms with Gasteiger partial charge >= 0.3 is 0 Å². The van der Waals surface area contributed by atoms with Crippen molar-refractivity contribution in [2.24, 2.45) is 15.9 Å². The third kappa shape index (κ3) is 5.14. The van der Waals surface area contributed by atoms with Gasteiger partial charge in [0, 0.05) is 64.2 Å². The highest BCUT2D eigenvalue weighted by molar-refractivity contribution is 7.25. The number of aliphatic imine (C=N–C) groups is 2. The molecule has 3 aromatic heterocycles. The summed E-state index contributed by atoms with van der Waals surface area (Å²) in [4.78, 5) is 10.2. The molecule has 0 saturated heterocycles. The van der Waals surface area contributed by atoms with Crippen molar-refractivity contribution in [3.05, 3.63) is 186 Å². The first kappa shape index (κ1) is 32.2. The highest BCUT2D eigenvalue weighted by Gasteiger charge is 2.27. The molecule has 4 heterocycles. The van der Waals surface area contributed by atoms with Gasteiger partial charge in [-0.2, -0.15) is 0 Å². The summed E-state index contributed by atoms with van der Waals surface area (Å²) in [5.41, 5.74) is 9.75. The number of hydrogen-bond acceptors (Lipinski definition) is 5. The predicted molar refractivity (Wildman–Crippen MR) is 238 cm³/mol. The molecule has 0 spiro atoms. The van der Waals surface area contributed by atoms with Gasteiger partial charge in [0.05, 0.1) is 16.7 Å². The number of nitrogens with one attached hydrogen (secondary N) is 1. The Balaban J connectivity index is 0.980. The van der Waals surface area contributed by atoms with Crippen LogP contribution < -0.4 is 16.0 Å². The summed E-state index contributed by atoms with van der Waals surface area (Å²) >= 11 is 1.85. The van der Waals surface area contributed by atoms with E-state index in [1.807, 2.05) is 47.7 Å². The van der Waals surface area contributed by atoms with Gasteiger partial charge in [-0.1, -0.05) is 133 Å². The van der Waals surface area contributed by atoms with Gasteiger partial charge in [0.15, 0.2) is 5.84 Å². The lowest BCUT2D eigenvalue weighted by atomic mass is 9.94. The molecule has 1 aliphatic heterocycles. The molecule has 0 fully saturated rings. The van der Waals surface area contributed by atoms with Gasteiger partial charge in [-0.05, 0) is 54.5 Å². The summed E-state index contributed by atoms with van der Waals surface area (Å²) in [6.45, 7) is 0. The molecular formula is C51H34N4OS. The number of hydrogen-bond donors (Lipinski definition) is 1. The number of benzene rings is 7. The van der Waals surface area contributed by atoms with Crippen molar-refractivity contribution in [3.63, 3.8) is 0 Å². The molecule has 6 heteroatoms. The lowest BCUT2D eigenvalue weighted by molar-refractivity contribution is 0.495. The van der Waals surface area contributed by atoms with Gasteiger partial charge in [0.25, 0.3) is 0 Å². The molecule has 2 atom stereocenters. The van der Waals surface area contributed by atoms with Crippen LogP contribution in [0.1, 0.15) is 17.5 Å². The second kappa shape index (κ2) is 12.8. The fourth-order valence-corrected chi connectivity index (χ4v) is 10.0. The molecule has 0 amide bonds. The minimum Gasteiger partial charge on any atom is -0.456 e. The molecule has 0 saturated carbocycles. The fourth-order valence-electron chi connectivity index (χ4n) is 8.94. The van der Waals surface area contributed by atoms with Crippen LogP contribution in [-0.2, 0) is 0 Å². The van der Waals surface area contributed by atoms with Crippen LogP contribution in [0.3, 0.4) is 0 Å². The molecule has 0 bridgehead atoms. The van der Waals surface area contributed by atoms with Crippen LogP contribution in [0.25, 0.3) is 81.9 Å². The minimum atomic E-state index is -0.191. The van der Waals surface area contributed by atoms with E-state index in [1.165, 1.54) is 47.7 Å². The van der Waals surface area contributed by atoms with Gasteiger partial charge in [-0.15, -0.1) is 11.3 Å². The number of rotatable bonds is 5. The zero-order valence-electron chi connectivity index (χ0n) is 30.8. The van der Waals surface area contributed by atoms with Crippen molar-refractivity contribution >= 4 is 88.1 Å². The number of furan rings is 1. The average molecular weight is 751 g/mol. The summed E-state index contributed by atoms with van der Waals surface area (Å²) in [5, 5.41) is 11.0. The predicted octanol–water partition coefficient (Wildman–Crippen LogP) is 11.0. The Hall–Kier alpha value is -7.02. The third-order valence-electron chi connectivity index (χ3n) is 11.6. The molecule has 57 heavy (non-hydrogen) atoms. The van der Waals surface area contributed by atoms with E-state index in [0.29, 0.717) is 0 Å². The lowest BCUT2D eigenvalue weighted by Gasteiger charge is -2.28. The molecule has 270 valence electrons. The number of nitrogens with zero attached hydrogens (tertiary/aromatic N) is 3. The Labute approximate surface area is 331 Å². The van der Waals surface area contributed by atoms with E-state index in [-0.39, 0.29) is 12.1 Å². The van der Waals surface area contributed by atoms with Crippen molar-refractivity contribution < 1.29 is 4.42 Å². The van der Waals surface area contributed by atoms with Gasteiger partial charge in [0.1, 0.15) is 23.0 Å². The van der Waals surface area contributed by atoms with E-state index < -0.39 is 0 Å². The molecule has 2 aliphatic rings. The van der Waals surface area contributed by atoms with Crippen LogP contribution in [0.5, 0.6) is 0 Å². The largest absolute Gasteiger partial charge is 0.456 e. The molecule has 1 N–H and O–H groups in total. The Morgan fingerprint density at radius 3 is 2.11 bits per heavy atom. The van der Waals surface area contributed by atoms with Crippen LogP contribution >= 0.6 is 11.3 Å². The average Bonchev–Trinajstić information content (AvgIpc) is 3.96. The number of fused-ring (bicyclic) bond motifs is 9. The van der Waals surface area contributed by atoms with Gasteiger partial charge in [-0.3, -0.25) is 0 Å². The molecule has 12 rings (SSSR count). The van der Waals surface area contributed by atoms with Crippen LogP contribution in [-0.4, -0.2) is 22.4 Å². The highest BCUT2D eigenvalue weighted by atomic mass is 32.1.